The third-order valence-electron chi connectivity index (χ3n) is 8.65. The molecule has 38 heavy (non-hydrogen) atoms. The molecule has 0 saturated heterocycles. The maximum atomic E-state index is 4.13. The number of benzene rings is 1. The van der Waals surface area contributed by atoms with Crippen LogP contribution in [0.5, 0.6) is 0 Å². The zero-order valence-electron chi connectivity index (χ0n) is 26.4. The molecule has 0 amide bonds. The van der Waals surface area contributed by atoms with Crippen LogP contribution >= 0.6 is 0 Å². The van der Waals surface area contributed by atoms with Crippen LogP contribution in [-0.4, -0.2) is 0 Å². The highest BCUT2D eigenvalue weighted by Crippen LogP contribution is 2.23. The minimum Gasteiger partial charge on any atom is -0.0654 e. The molecule has 0 N–H and O–H groups in total. The summed E-state index contributed by atoms with van der Waals surface area (Å²) in [6, 6.07) is 7.21. The highest BCUT2D eigenvalue weighted by atomic mass is 14.1. The first kappa shape index (κ1) is 35.2. The lowest BCUT2D eigenvalue weighted by Gasteiger charge is -2.15. The van der Waals surface area contributed by atoms with E-state index in [4.69, 9.17) is 0 Å². The number of hydrogen-bond donors (Lipinski definition) is 0. The molecule has 0 bridgehead atoms. The first-order chi connectivity index (χ1) is 18.8. The van der Waals surface area contributed by atoms with E-state index in [9.17, 15) is 0 Å². The van der Waals surface area contributed by atoms with E-state index in [1.807, 2.05) is 0 Å². The molecule has 1 rings (SSSR count). The van der Waals surface area contributed by atoms with E-state index in [1.165, 1.54) is 180 Å². The Morgan fingerprint density at radius 1 is 0.395 bits per heavy atom. The van der Waals surface area contributed by atoms with Gasteiger partial charge in [0.15, 0.2) is 0 Å². The molecule has 0 nitrogen and oxygen atoms in total. The van der Waals surface area contributed by atoms with Crippen molar-refractivity contribution in [1.82, 2.24) is 0 Å². The summed E-state index contributed by atoms with van der Waals surface area (Å²) in [5.74, 6) is 0. The molecule has 0 aromatic heterocycles. The third kappa shape index (κ3) is 20.2. The molecule has 1 radical (unpaired) electrons. The van der Waals surface area contributed by atoms with Crippen LogP contribution in [0.2, 0.25) is 0 Å². The highest BCUT2D eigenvalue weighted by Gasteiger charge is 2.08. The van der Waals surface area contributed by atoms with Gasteiger partial charge in [0.05, 0.1) is 0 Å². The van der Waals surface area contributed by atoms with E-state index in [-0.39, 0.29) is 0 Å². The van der Waals surface area contributed by atoms with Crippen molar-refractivity contribution in [3.63, 3.8) is 0 Å². The summed E-state index contributed by atoms with van der Waals surface area (Å²) in [7, 11) is 0. The average molecular weight is 526 g/mol. The first-order valence-corrected chi connectivity index (χ1v) is 17.7. The molecular weight excluding hydrogens is 456 g/mol. The van der Waals surface area contributed by atoms with E-state index in [0.29, 0.717) is 0 Å². The summed E-state index contributed by atoms with van der Waals surface area (Å²) in [6.07, 6.45) is 40.5. The van der Waals surface area contributed by atoms with Crippen LogP contribution in [0.3, 0.4) is 0 Å². The van der Waals surface area contributed by atoms with Gasteiger partial charge < -0.3 is 0 Å². The lowest BCUT2D eigenvalue weighted by Crippen LogP contribution is -2.02. The molecule has 0 aliphatic carbocycles. The summed E-state index contributed by atoms with van der Waals surface area (Å²) >= 11 is 0. The van der Waals surface area contributed by atoms with Crippen LogP contribution in [0.1, 0.15) is 197 Å². The van der Waals surface area contributed by atoms with Gasteiger partial charge >= 0.3 is 0 Å². The average Bonchev–Trinajstić information content (AvgIpc) is 2.93. The Labute approximate surface area is 241 Å². The molecule has 1 aromatic carbocycles. The van der Waals surface area contributed by atoms with Crippen LogP contribution in [0.4, 0.5) is 0 Å². The van der Waals surface area contributed by atoms with E-state index < -0.39 is 0 Å². The van der Waals surface area contributed by atoms with Crippen LogP contribution < -0.4 is 0 Å². The summed E-state index contributed by atoms with van der Waals surface area (Å²) in [4.78, 5) is 0. The molecule has 0 spiro atoms. The Kier molecular flexibility index (Phi) is 25.8. The minimum atomic E-state index is 1.06. The SMILES string of the molecule is [CH2]CCCc1c(CCCCCCCCCCCCCC)cccc1CCCCCCCCCCCCCC. The van der Waals surface area contributed by atoms with E-state index in [2.05, 4.69) is 39.0 Å². The van der Waals surface area contributed by atoms with Gasteiger partial charge in [0, 0.05) is 0 Å². The third-order valence-corrected chi connectivity index (χ3v) is 8.65. The molecule has 0 aliphatic heterocycles. The first-order valence-electron chi connectivity index (χ1n) is 17.7. The van der Waals surface area contributed by atoms with Gasteiger partial charge in [0.25, 0.3) is 0 Å². The zero-order chi connectivity index (χ0) is 27.4. The quantitative estimate of drug-likeness (QED) is 0.0912. The Bertz CT molecular complexity index is 554. The second-order valence-corrected chi connectivity index (χ2v) is 12.3. The van der Waals surface area contributed by atoms with Gasteiger partial charge in [-0.3, -0.25) is 0 Å². The van der Waals surface area contributed by atoms with Gasteiger partial charge in [-0.15, -0.1) is 0 Å². The van der Waals surface area contributed by atoms with Gasteiger partial charge in [-0.1, -0.05) is 187 Å². The highest BCUT2D eigenvalue weighted by molar-refractivity contribution is 5.36. The standard InChI is InChI=1S/C38H69/c1-4-7-10-12-14-16-18-20-22-24-26-28-31-36-33-30-34-37(38(36)35-9-6-3)32-29-27-25-23-21-19-17-15-13-11-8-5-2/h30,33-34H,3-29,31-32,35H2,1-2H3. The van der Waals surface area contributed by atoms with Crippen molar-refractivity contribution >= 4 is 0 Å². The van der Waals surface area contributed by atoms with Gasteiger partial charge in [-0.25, -0.2) is 0 Å². The molecule has 0 heterocycles. The molecular formula is C38H69. The molecule has 0 heteroatoms. The summed E-state index contributed by atoms with van der Waals surface area (Å²) in [6.45, 7) is 8.74. The number of hydrogen-bond acceptors (Lipinski definition) is 0. The van der Waals surface area contributed by atoms with Crippen molar-refractivity contribution < 1.29 is 0 Å². The van der Waals surface area contributed by atoms with Crippen LogP contribution in [-0.2, 0) is 19.3 Å². The summed E-state index contributed by atoms with van der Waals surface area (Å²) < 4.78 is 0. The molecule has 0 aliphatic rings. The van der Waals surface area contributed by atoms with Crippen molar-refractivity contribution in [3.05, 3.63) is 41.8 Å². The van der Waals surface area contributed by atoms with Gasteiger partial charge in [-0.05, 0) is 55.2 Å². The number of aryl methyl sites for hydroxylation is 2. The van der Waals surface area contributed by atoms with E-state index in [1.54, 1.807) is 16.7 Å². The Morgan fingerprint density at radius 2 is 0.711 bits per heavy atom. The van der Waals surface area contributed by atoms with Crippen LogP contribution in [0, 0.1) is 6.92 Å². The number of unbranched alkanes of at least 4 members (excludes halogenated alkanes) is 23. The second kappa shape index (κ2) is 27.8. The van der Waals surface area contributed by atoms with Gasteiger partial charge in [0.2, 0.25) is 0 Å². The smallest absolute Gasteiger partial charge is 0.0273 e. The molecule has 1 aromatic rings. The Hall–Kier alpha value is -0.780. The minimum absolute atomic E-state index is 1.06. The van der Waals surface area contributed by atoms with Crippen LogP contribution in [0.15, 0.2) is 18.2 Å². The van der Waals surface area contributed by atoms with Crippen molar-refractivity contribution in [2.45, 2.75) is 200 Å². The molecule has 0 fully saturated rings. The maximum absolute atomic E-state index is 4.13. The fraction of sp³-hybridized carbons (Fsp3) is 0.816. The summed E-state index contributed by atoms with van der Waals surface area (Å²) in [5, 5.41) is 0. The largest absolute Gasteiger partial charge is 0.0654 e. The maximum Gasteiger partial charge on any atom is -0.0273 e. The predicted octanol–water partition coefficient (Wildman–Crippen LogP) is 13.3. The topological polar surface area (TPSA) is 0 Å². The fourth-order valence-electron chi connectivity index (χ4n) is 6.09. The molecule has 0 atom stereocenters. The summed E-state index contributed by atoms with van der Waals surface area (Å²) in [5.41, 5.74) is 5.01. The van der Waals surface area contributed by atoms with E-state index in [0.717, 1.165) is 6.42 Å². The number of rotatable bonds is 29. The van der Waals surface area contributed by atoms with Gasteiger partial charge in [0.1, 0.15) is 0 Å². The van der Waals surface area contributed by atoms with Crippen molar-refractivity contribution in [2.24, 2.45) is 0 Å². The zero-order valence-corrected chi connectivity index (χ0v) is 26.4. The van der Waals surface area contributed by atoms with Crippen molar-refractivity contribution in [3.8, 4) is 0 Å². The Morgan fingerprint density at radius 3 is 1.03 bits per heavy atom. The van der Waals surface area contributed by atoms with Crippen molar-refractivity contribution in [2.75, 3.05) is 0 Å². The second-order valence-electron chi connectivity index (χ2n) is 12.3. The lowest BCUT2D eigenvalue weighted by molar-refractivity contribution is 0.543. The van der Waals surface area contributed by atoms with Crippen molar-refractivity contribution in [1.29, 1.82) is 0 Å². The van der Waals surface area contributed by atoms with E-state index >= 15 is 0 Å². The van der Waals surface area contributed by atoms with Crippen LogP contribution in [0.25, 0.3) is 0 Å². The molecule has 221 valence electrons. The monoisotopic (exact) mass is 526 g/mol. The fourth-order valence-corrected chi connectivity index (χ4v) is 6.09. The normalized spacial score (nSPS) is 11.4. The predicted molar refractivity (Wildman–Crippen MR) is 174 cm³/mol. The van der Waals surface area contributed by atoms with Gasteiger partial charge in [-0.2, -0.15) is 0 Å². The molecule has 0 unspecified atom stereocenters. The Balaban J connectivity index is 2.20. The lowest BCUT2D eigenvalue weighted by atomic mass is 9.90. The molecule has 0 saturated carbocycles.